The van der Waals surface area contributed by atoms with Crippen molar-refractivity contribution in [1.29, 1.82) is 0 Å². The molecule has 214 valence electrons. The van der Waals surface area contributed by atoms with Gasteiger partial charge in [-0.05, 0) is 48.4 Å². The molecule has 0 spiro atoms. The topological polar surface area (TPSA) is 100 Å². The highest BCUT2D eigenvalue weighted by Crippen LogP contribution is 2.36. The number of carbonyl (C=O) groups excluding carboxylic acids is 1. The summed E-state index contributed by atoms with van der Waals surface area (Å²) in [5, 5.41) is 13.5. The predicted octanol–water partition coefficient (Wildman–Crippen LogP) is 5.21. The van der Waals surface area contributed by atoms with Gasteiger partial charge in [-0.3, -0.25) is 4.68 Å². The summed E-state index contributed by atoms with van der Waals surface area (Å²) < 4.78 is 44.1. The van der Waals surface area contributed by atoms with E-state index in [-0.39, 0.29) is 35.5 Å². The molecule has 1 unspecified atom stereocenters. The van der Waals surface area contributed by atoms with E-state index < -0.39 is 11.7 Å². The number of aromatic nitrogens is 4. The molecule has 0 saturated carbocycles. The number of amides is 2. The van der Waals surface area contributed by atoms with Crippen LogP contribution in [-0.2, 0) is 12.7 Å². The first-order valence-corrected chi connectivity index (χ1v) is 13.6. The van der Waals surface area contributed by atoms with Gasteiger partial charge in [0.05, 0.1) is 29.2 Å². The molecule has 4 heterocycles. The first kappa shape index (κ1) is 27.9. The number of hydrogen-bond acceptors (Lipinski definition) is 6. The standard InChI is InChI=1S/C28H35F3N8O/c1-27(2,3)20-8-11-38(16-20)26(40)34-13-19-5-4-18(12-23(19)28(29,30)31)24-7-10-33-25(37-24)36-21-14-35-39(17-21)22-6-9-32-15-22/h4-5,7,10,12,14,17,20,22,32H,6,8-9,11,13,15-16H2,1-3H3,(H,34,40)(H,33,36,37)/t20?,22-/m0/s1. The average molecular weight is 557 g/mol. The van der Waals surface area contributed by atoms with Gasteiger partial charge in [0.2, 0.25) is 5.95 Å². The molecular formula is C28H35F3N8O. The van der Waals surface area contributed by atoms with E-state index in [1.165, 1.54) is 12.3 Å². The summed E-state index contributed by atoms with van der Waals surface area (Å²) in [6.45, 7) is 9.18. The van der Waals surface area contributed by atoms with Crippen molar-refractivity contribution in [3.63, 3.8) is 0 Å². The molecule has 5 rings (SSSR count). The lowest BCUT2D eigenvalue weighted by Crippen LogP contribution is -2.39. The zero-order chi connectivity index (χ0) is 28.5. The maximum Gasteiger partial charge on any atom is 0.416 e. The molecule has 40 heavy (non-hydrogen) atoms. The fourth-order valence-corrected chi connectivity index (χ4v) is 5.26. The molecule has 2 aromatic heterocycles. The van der Waals surface area contributed by atoms with Gasteiger partial charge < -0.3 is 20.9 Å². The Morgan fingerprint density at radius 1 is 1.18 bits per heavy atom. The van der Waals surface area contributed by atoms with Crippen molar-refractivity contribution in [1.82, 2.24) is 35.3 Å². The third-order valence-corrected chi connectivity index (χ3v) is 7.76. The molecular weight excluding hydrogens is 521 g/mol. The highest BCUT2D eigenvalue weighted by Gasteiger charge is 2.35. The van der Waals surface area contributed by atoms with Crippen molar-refractivity contribution in [2.24, 2.45) is 11.3 Å². The minimum absolute atomic E-state index is 0.00242. The maximum atomic E-state index is 14.1. The van der Waals surface area contributed by atoms with Crippen LogP contribution in [0.15, 0.2) is 42.9 Å². The second-order valence-corrected chi connectivity index (χ2v) is 11.6. The highest BCUT2D eigenvalue weighted by molar-refractivity contribution is 5.74. The van der Waals surface area contributed by atoms with E-state index in [2.05, 4.69) is 51.8 Å². The Labute approximate surface area is 231 Å². The Hall–Kier alpha value is -3.67. The summed E-state index contributed by atoms with van der Waals surface area (Å²) in [5.74, 6) is 0.613. The third-order valence-electron chi connectivity index (χ3n) is 7.76. The normalized spacial score (nSPS) is 19.7. The molecule has 2 fully saturated rings. The van der Waals surface area contributed by atoms with Crippen LogP contribution in [0.25, 0.3) is 11.3 Å². The molecule has 0 aliphatic carbocycles. The number of nitrogens with zero attached hydrogens (tertiary/aromatic N) is 5. The number of hydrogen-bond donors (Lipinski definition) is 3. The smallest absolute Gasteiger partial charge is 0.334 e. The van der Waals surface area contributed by atoms with E-state index >= 15 is 0 Å². The van der Waals surface area contributed by atoms with Gasteiger partial charge in [0.15, 0.2) is 0 Å². The predicted molar refractivity (Wildman–Crippen MR) is 146 cm³/mol. The lowest BCUT2D eigenvalue weighted by Gasteiger charge is -2.27. The SMILES string of the molecule is CC(C)(C)C1CCN(C(=O)NCc2ccc(-c3ccnc(Nc4cnn([C@H]5CCNC5)c4)n3)cc2C(F)(F)F)C1. The van der Waals surface area contributed by atoms with E-state index in [1.807, 2.05) is 10.9 Å². The van der Waals surface area contributed by atoms with Crippen molar-refractivity contribution in [2.75, 3.05) is 31.5 Å². The quantitative estimate of drug-likeness (QED) is 0.385. The number of anilines is 2. The fourth-order valence-electron chi connectivity index (χ4n) is 5.26. The van der Waals surface area contributed by atoms with Crippen molar-refractivity contribution in [2.45, 2.75) is 52.4 Å². The number of carbonyl (C=O) groups is 1. The molecule has 0 radical (unpaired) electrons. The minimum atomic E-state index is -4.60. The largest absolute Gasteiger partial charge is 0.416 e. The molecule has 1 aromatic carbocycles. The summed E-state index contributed by atoms with van der Waals surface area (Å²) in [7, 11) is 0. The van der Waals surface area contributed by atoms with Gasteiger partial charge in [-0.15, -0.1) is 0 Å². The zero-order valence-electron chi connectivity index (χ0n) is 22.9. The zero-order valence-corrected chi connectivity index (χ0v) is 22.9. The lowest BCUT2D eigenvalue weighted by molar-refractivity contribution is -0.138. The Balaban J connectivity index is 1.28. The molecule has 2 amide bonds. The van der Waals surface area contributed by atoms with Gasteiger partial charge in [0, 0.05) is 44.1 Å². The number of nitrogens with one attached hydrogen (secondary N) is 3. The summed E-state index contributed by atoms with van der Waals surface area (Å²) in [6.07, 6.45) is 2.31. The fraction of sp³-hybridized carbons (Fsp3) is 0.500. The van der Waals surface area contributed by atoms with E-state index in [0.717, 1.165) is 32.0 Å². The Kier molecular flexibility index (Phi) is 7.72. The number of urea groups is 1. The molecule has 0 bridgehead atoms. The van der Waals surface area contributed by atoms with E-state index in [1.54, 1.807) is 23.2 Å². The van der Waals surface area contributed by atoms with Gasteiger partial charge in [0.1, 0.15) is 0 Å². The minimum Gasteiger partial charge on any atom is -0.334 e. The summed E-state index contributed by atoms with van der Waals surface area (Å²) >= 11 is 0. The molecule has 2 aliphatic rings. The molecule has 12 heteroatoms. The van der Waals surface area contributed by atoms with Crippen LogP contribution in [0.1, 0.15) is 50.8 Å². The number of rotatable bonds is 6. The Bertz CT molecular complexity index is 1340. The van der Waals surface area contributed by atoms with Gasteiger partial charge in [-0.1, -0.05) is 32.9 Å². The highest BCUT2D eigenvalue weighted by atomic mass is 19.4. The van der Waals surface area contributed by atoms with Crippen molar-refractivity contribution in [3.8, 4) is 11.3 Å². The summed E-state index contributed by atoms with van der Waals surface area (Å²) in [6, 6.07) is 5.55. The van der Waals surface area contributed by atoms with Crippen LogP contribution in [0.2, 0.25) is 0 Å². The Morgan fingerprint density at radius 2 is 2.00 bits per heavy atom. The van der Waals surface area contributed by atoms with Crippen LogP contribution in [0.3, 0.4) is 0 Å². The summed E-state index contributed by atoms with van der Waals surface area (Å²) in [4.78, 5) is 23.0. The maximum absolute atomic E-state index is 14.1. The molecule has 2 atom stereocenters. The van der Waals surface area contributed by atoms with Crippen LogP contribution < -0.4 is 16.0 Å². The number of alkyl halides is 3. The van der Waals surface area contributed by atoms with Gasteiger partial charge in [-0.2, -0.15) is 18.3 Å². The molecule has 2 saturated heterocycles. The summed E-state index contributed by atoms with van der Waals surface area (Å²) in [5.41, 5.74) is 0.596. The molecule has 2 aliphatic heterocycles. The van der Waals surface area contributed by atoms with Gasteiger partial charge in [-0.25, -0.2) is 14.8 Å². The van der Waals surface area contributed by atoms with Crippen molar-refractivity contribution in [3.05, 3.63) is 54.0 Å². The second kappa shape index (κ2) is 11.1. The van der Waals surface area contributed by atoms with E-state index in [0.29, 0.717) is 36.0 Å². The monoisotopic (exact) mass is 556 g/mol. The molecule has 3 aromatic rings. The first-order valence-electron chi connectivity index (χ1n) is 13.6. The van der Waals surface area contributed by atoms with Crippen molar-refractivity contribution < 1.29 is 18.0 Å². The lowest BCUT2D eigenvalue weighted by atomic mass is 9.80. The van der Waals surface area contributed by atoms with Crippen LogP contribution in [-0.4, -0.2) is 56.9 Å². The van der Waals surface area contributed by atoms with E-state index in [4.69, 9.17) is 0 Å². The molecule has 9 nitrogen and oxygen atoms in total. The number of halogens is 3. The van der Waals surface area contributed by atoms with Crippen LogP contribution in [0.5, 0.6) is 0 Å². The average Bonchev–Trinajstić information content (AvgIpc) is 3.68. The number of likely N-dealkylation sites (tertiary alicyclic amines) is 1. The van der Waals surface area contributed by atoms with Crippen LogP contribution >= 0.6 is 0 Å². The number of benzene rings is 1. The van der Waals surface area contributed by atoms with E-state index in [9.17, 15) is 18.0 Å². The van der Waals surface area contributed by atoms with Crippen LogP contribution in [0, 0.1) is 11.3 Å². The third kappa shape index (κ3) is 6.38. The van der Waals surface area contributed by atoms with Crippen LogP contribution in [0.4, 0.5) is 29.6 Å². The van der Waals surface area contributed by atoms with Gasteiger partial charge >= 0.3 is 12.2 Å². The van der Waals surface area contributed by atoms with Crippen molar-refractivity contribution >= 4 is 17.7 Å². The molecule has 3 N–H and O–H groups in total. The van der Waals surface area contributed by atoms with Gasteiger partial charge in [0.25, 0.3) is 0 Å². The Morgan fingerprint density at radius 3 is 2.70 bits per heavy atom. The second-order valence-electron chi connectivity index (χ2n) is 11.6. The first-order chi connectivity index (χ1) is 19.0.